The number of likely N-dealkylation sites (tertiary alicyclic amines) is 1. The van der Waals surface area contributed by atoms with Crippen molar-refractivity contribution in [3.63, 3.8) is 0 Å². The van der Waals surface area contributed by atoms with E-state index in [2.05, 4.69) is 0 Å². The molecule has 1 aromatic carbocycles. The zero-order chi connectivity index (χ0) is 18.6. The molecule has 5 nitrogen and oxygen atoms in total. The lowest BCUT2D eigenvalue weighted by molar-refractivity contribution is -0.137. The summed E-state index contributed by atoms with van der Waals surface area (Å²) < 4.78 is 5.49. The summed E-state index contributed by atoms with van der Waals surface area (Å²) in [4.78, 5) is 28.8. The standard InChI is InChI=1S/C20H30N2O3/c1-15-10-6-7-11-16(15)14-21(5)18(23)17-12-8-9-13-22(17)19(24)25-20(2,3)4/h6-7,10-11,17H,8-9,12-14H2,1-5H3. The van der Waals surface area contributed by atoms with Crippen LogP contribution in [0, 0.1) is 6.92 Å². The number of piperidine rings is 1. The number of aryl methyl sites for hydroxylation is 1. The Morgan fingerprint density at radius 2 is 1.92 bits per heavy atom. The molecule has 1 heterocycles. The molecule has 0 aromatic heterocycles. The second kappa shape index (κ2) is 7.89. The minimum absolute atomic E-state index is 0.0196. The Labute approximate surface area is 150 Å². The molecule has 0 bridgehead atoms. The maximum atomic E-state index is 13.0. The van der Waals surface area contributed by atoms with E-state index < -0.39 is 17.7 Å². The minimum Gasteiger partial charge on any atom is -0.444 e. The molecule has 5 heteroatoms. The molecule has 1 saturated heterocycles. The highest BCUT2D eigenvalue weighted by atomic mass is 16.6. The maximum Gasteiger partial charge on any atom is 0.410 e. The Morgan fingerprint density at radius 1 is 1.24 bits per heavy atom. The van der Waals surface area contributed by atoms with E-state index in [0.717, 1.165) is 24.0 Å². The largest absolute Gasteiger partial charge is 0.444 e. The van der Waals surface area contributed by atoms with Gasteiger partial charge in [0, 0.05) is 20.1 Å². The number of benzene rings is 1. The molecule has 1 aromatic rings. The molecule has 0 radical (unpaired) electrons. The number of ether oxygens (including phenoxy) is 1. The van der Waals surface area contributed by atoms with Gasteiger partial charge in [0.2, 0.25) is 5.91 Å². The van der Waals surface area contributed by atoms with Gasteiger partial charge in [-0.3, -0.25) is 9.69 Å². The van der Waals surface area contributed by atoms with Crippen molar-refractivity contribution >= 4 is 12.0 Å². The van der Waals surface area contributed by atoms with Gasteiger partial charge in [-0.2, -0.15) is 0 Å². The van der Waals surface area contributed by atoms with Gasteiger partial charge in [0.25, 0.3) is 0 Å². The molecular weight excluding hydrogens is 316 g/mol. The van der Waals surface area contributed by atoms with Gasteiger partial charge in [-0.15, -0.1) is 0 Å². The van der Waals surface area contributed by atoms with E-state index in [0.29, 0.717) is 19.5 Å². The van der Waals surface area contributed by atoms with Crippen LogP contribution >= 0.6 is 0 Å². The summed E-state index contributed by atoms with van der Waals surface area (Å²) in [6.07, 6.45) is 2.16. The lowest BCUT2D eigenvalue weighted by atomic mass is 10.0. The Morgan fingerprint density at radius 3 is 2.56 bits per heavy atom. The van der Waals surface area contributed by atoms with E-state index in [1.807, 2.05) is 52.0 Å². The van der Waals surface area contributed by atoms with Gasteiger partial charge in [-0.1, -0.05) is 24.3 Å². The van der Waals surface area contributed by atoms with Crippen molar-refractivity contribution in [1.29, 1.82) is 0 Å². The monoisotopic (exact) mass is 346 g/mol. The summed E-state index contributed by atoms with van der Waals surface area (Å²) in [5, 5.41) is 0. The fraction of sp³-hybridized carbons (Fsp3) is 0.600. The lowest BCUT2D eigenvalue weighted by Crippen LogP contribution is -2.53. The fourth-order valence-corrected chi connectivity index (χ4v) is 3.10. The van der Waals surface area contributed by atoms with Gasteiger partial charge in [0.05, 0.1) is 0 Å². The molecule has 1 fully saturated rings. The molecule has 0 spiro atoms. The third kappa shape index (κ3) is 5.21. The lowest BCUT2D eigenvalue weighted by Gasteiger charge is -2.37. The molecule has 1 atom stereocenters. The van der Waals surface area contributed by atoms with Crippen LogP contribution in [0.2, 0.25) is 0 Å². The van der Waals surface area contributed by atoms with Gasteiger partial charge in [-0.05, 0) is 58.1 Å². The first kappa shape index (κ1) is 19.3. The molecule has 0 aliphatic carbocycles. The highest BCUT2D eigenvalue weighted by molar-refractivity contribution is 5.85. The quantitative estimate of drug-likeness (QED) is 0.838. The molecule has 1 aliphatic rings. The van der Waals surface area contributed by atoms with Crippen LogP contribution in [0.5, 0.6) is 0 Å². The summed E-state index contributed by atoms with van der Waals surface area (Å²) in [6.45, 7) is 8.69. The number of amides is 2. The van der Waals surface area contributed by atoms with Gasteiger partial charge in [0.1, 0.15) is 11.6 Å². The molecule has 0 N–H and O–H groups in total. The molecular formula is C20H30N2O3. The fourth-order valence-electron chi connectivity index (χ4n) is 3.10. The van der Waals surface area contributed by atoms with Crippen LogP contribution in [-0.2, 0) is 16.1 Å². The van der Waals surface area contributed by atoms with Crippen LogP contribution in [-0.4, -0.2) is 47.0 Å². The topological polar surface area (TPSA) is 49.9 Å². The average molecular weight is 346 g/mol. The second-order valence-electron chi connectivity index (χ2n) is 7.81. The van der Waals surface area contributed by atoms with Crippen LogP contribution in [0.3, 0.4) is 0 Å². The number of hydrogen-bond acceptors (Lipinski definition) is 3. The van der Waals surface area contributed by atoms with E-state index in [1.165, 1.54) is 0 Å². The van der Waals surface area contributed by atoms with E-state index >= 15 is 0 Å². The molecule has 0 saturated carbocycles. The maximum absolute atomic E-state index is 13.0. The van der Waals surface area contributed by atoms with E-state index in [1.54, 1.807) is 16.8 Å². The van der Waals surface area contributed by atoms with E-state index in [4.69, 9.17) is 4.74 Å². The van der Waals surface area contributed by atoms with Crippen molar-refractivity contribution in [1.82, 2.24) is 9.80 Å². The summed E-state index contributed by atoms with van der Waals surface area (Å²) in [6, 6.07) is 7.62. The summed E-state index contributed by atoms with van der Waals surface area (Å²) in [5.41, 5.74) is 1.72. The Balaban J connectivity index is 2.09. The van der Waals surface area contributed by atoms with Crippen molar-refractivity contribution in [2.45, 2.75) is 65.1 Å². The molecule has 1 unspecified atom stereocenters. The zero-order valence-corrected chi connectivity index (χ0v) is 16.0. The molecule has 25 heavy (non-hydrogen) atoms. The van der Waals surface area contributed by atoms with Gasteiger partial charge < -0.3 is 9.64 Å². The number of rotatable bonds is 3. The number of likely N-dealkylation sites (N-methyl/N-ethyl adjacent to an activating group) is 1. The van der Waals surface area contributed by atoms with Crippen molar-refractivity contribution in [3.05, 3.63) is 35.4 Å². The normalized spacial score (nSPS) is 18.0. The first-order valence-corrected chi connectivity index (χ1v) is 8.98. The van der Waals surface area contributed by atoms with Crippen LogP contribution < -0.4 is 0 Å². The van der Waals surface area contributed by atoms with E-state index in [-0.39, 0.29) is 5.91 Å². The van der Waals surface area contributed by atoms with Gasteiger partial charge in [-0.25, -0.2) is 4.79 Å². The Bertz CT molecular complexity index is 622. The number of nitrogens with zero attached hydrogens (tertiary/aromatic N) is 2. The molecule has 1 aliphatic heterocycles. The third-order valence-electron chi connectivity index (χ3n) is 4.46. The minimum atomic E-state index is -0.560. The summed E-state index contributed by atoms with van der Waals surface area (Å²) in [5.74, 6) is -0.0196. The van der Waals surface area contributed by atoms with Crippen LogP contribution in [0.15, 0.2) is 24.3 Å². The zero-order valence-electron chi connectivity index (χ0n) is 16.0. The third-order valence-corrected chi connectivity index (χ3v) is 4.46. The molecule has 2 rings (SSSR count). The molecule has 138 valence electrons. The Hall–Kier alpha value is -2.04. The predicted octanol–water partition coefficient (Wildman–Crippen LogP) is 3.74. The van der Waals surface area contributed by atoms with Crippen molar-refractivity contribution in [3.8, 4) is 0 Å². The van der Waals surface area contributed by atoms with Crippen molar-refractivity contribution in [2.24, 2.45) is 0 Å². The van der Waals surface area contributed by atoms with Gasteiger partial charge >= 0.3 is 6.09 Å². The Kier molecular flexibility index (Phi) is 6.09. The van der Waals surface area contributed by atoms with Crippen LogP contribution in [0.25, 0.3) is 0 Å². The van der Waals surface area contributed by atoms with Gasteiger partial charge in [0.15, 0.2) is 0 Å². The highest BCUT2D eigenvalue weighted by Gasteiger charge is 2.36. The highest BCUT2D eigenvalue weighted by Crippen LogP contribution is 2.22. The van der Waals surface area contributed by atoms with Crippen LogP contribution in [0.1, 0.15) is 51.2 Å². The van der Waals surface area contributed by atoms with Crippen molar-refractivity contribution < 1.29 is 14.3 Å². The average Bonchev–Trinajstić information content (AvgIpc) is 2.54. The molecule has 2 amide bonds. The van der Waals surface area contributed by atoms with E-state index in [9.17, 15) is 9.59 Å². The summed E-state index contributed by atoms with van der Waals surface area (Å²) >= 11 is 0. The predicted molar refractivity (Wildman–Crippen MR) is 98.2 cm³/mol. The van der Waals surface area contributed by atoms with Crippen molar-refractivity contribution in [2.75, 3.05) is 13.6 Å². The summed E-state index contributed by atoms with van der Waals surface area (Å²) in [7, 11) is 1.80. The second-order valence-corrected chi connectivity index (χ2v) is 7.81. The van der Waals surface area contributed by atoms with Crippen LogP contribution in [0.4, 0.5) is 4.79 Å². The number of carbonyl (C=O) groups excluding carboxylic acids is 2. The SMILES string of the molecule is Cc1ccccc1CN(C)C(=O)C1CCCCN1C(=O)OC(C)(C)C. The first-order valence-electron chi connectivity index (χ1n) is 8.98. The number of carbonyl (C=O) groups is 2. The smallest absolute Gasteiger partial charge is 0.410 e. The first-order chi connectivity index (χ1) is 11.7. The number of hydrogen-bond donors (Lipinski definition) is 0.